The Labute approximate surface area is 212 Å². The molecule has 0 aliphatic rings. The fraction of sp³-hybridized carbons (Fsp3) is 0.280. The average Bonchev–Trinajstić information content (AvgIpc) is 3.66. The molecule has 0 saturated heterocycles. The molecule has 1 amide bonds. The summed E-state index contributed by atoms with van der Waals surface area (Å²) in [5, 5.41) is 23.7. The predicted molar refractivity (Wildman–Crippen MR) is 135 cm³/mol. The Kier molecular flexibility index (Phi) is 6.17. The lowest BCUT2D eigenvalue weighted by molar-refractivity contribution is 0.102. The van der Waals surface area contributed by atoms with Crippen LogP contribution in [-0.2, 0) is 25.7 Å². The molecule has 2 N–H and O–H groups in total. The number of carbonyl (C=O) groups excluding carboxylic acids is 1. The van der Waals surface area contributed by atoms with Gasteiger partial charge in [0.2, 0.25) is 11.8 Å². The summed E-state index contributed by atoms with van der Waals surface area (Å²) in [5.74, 6) is 0.111. The summed E-state index contributed by atoms with van der Waals surface area (Å²) < 4.78 is 10.5. The number of carbonyl (C=O) groups is 1. The van der Waals surface area contributed by atoms with Gasteiger partial charge in [-0.05, 0) is 31.5 Å². The van der Waals surface area contributed by atoms with E-state index >= 15 is 0 Å². The smallest absolute Gasteiger partial charge is 0.263 e. The molecular formula is C25H27N9O3. The summed E-state index contributed by atoms with van der Waals surface area (Å²) in [4.78, 5) is 26.5. The van der Waals surface area contributed by atoms with Crippen LogP contribution in [0.2, 0.25) is 0 Å². The number of aryl methyl sites for hydroxylation is 3. The lowest BCUT2D eigenvalue weighted by Crippen LogP contribution is -2.33. The first-order valence-corrected chi connectivity index (χ1v) is 11.8. The second-order valence-electron chi connectivity index (χ2n) is 8.40. The van der Waals surface area contributed by atoms with Gasteiger partial charge >= 0.3 is 0 Å². The summed E-state index contributed by atoms with van der Waals surface area (Å²) in [6.07, 6.45) is 3.30. The molecule has 1 aromatic carbocycles. The van der Waals surface area contributed by atoms with E-state index < -0.39 is 11.5 Å². The Morgan fingerprint density at radius 1 is 1.11 bits per heavy atom. The molecule has 5 rings (SSSR count). The summed E-state index contributed by atoms with van der Waals surface area (Å²) >= 11 is 0. The molecule has 0 saturated carbocycles. The Morgan fingerprint density at radius 3 is 2.51 bits per heavy atom. The molecule has 0 spiro atoms. The fourth-order valence-corrected chi connectivity index (χ4v) is 4.30. The number of rotatable bonds is 8. The Balaban J connectivity index is 1.67. The van der Waals surface area contributed by atoms with Crippen molar-refractivity contribution in [1.29, 1.82) is 0 Å². The van der Waals surface area contributed by atoms with Gasteiger partial charge in [0.25, 0.3) is 5.91 Å². The molecule has 4 heterocycles. The molecule has 5 aromatic rings. The first-order valence-electron chi connectivity index (χ1n) is 11.8. The number of hydrogen-bond donors (Lipinski definition) is 2. The minimum absolute atomic E-state index is 0.0910. The van der Waals surface area contributed by atoms with Gasteiger partial charge in [0.1, 0.15) is 17.6 Å². The lowest BCUT2D eigenvalue weighted by Gasteiger charge is -2.27. The van der Waals surface area contributed by atoms with E-state index in [0.717, 1.165) is 0 Å². The number of nitrogens with zero attached hydrogens (tertiary/aromatic N) is 8. The van der Waals surface area contributed by atoms with Gasteiger partial charge in [-0.15, -0.1) is 5.10 Å². The van der Waals surface area contributed by atoms with E-state index in [0.29, 0.717) is 41.3 Å². The molecule has 1 unspecified atom stereocenters. The van der Waals surface area contributed by atoms with Gasteiger partial charge < -0.3 is 14.4 Å². The monoisotopic (exact) mass is 501 g/mol. The molecule has 1 atom stereocenters. The lowest BCUT2D eigenvalue weighted by atomic mass is 9.89. The minimum Gasteiger partial charge on any atom is -0.480 e. The van der Waals surface area contributed by atoms with E-state index in [2.05, 4.69) is 25.5 Å². The van der Waals surface area contributed by atoms with Gasteiger partial charge in [-0.3, -0.25) is 19.5 Å². The van der Waals surface area contributed by atoms with Gasteiger partial charge in [-0.1, -0.05) is 30.3 Å². The predicted octanol–water partition coefficient (Wildman–Crippen LogP) is 2.34. The minimum atomic E-state index is -1.67. The Bertz CT molecular complexity index is 1570. The van der Waals surface area contributed by atoms with Crippen molar-refractivity contribution in [2.75, 3.05) is 12.4 Å². The van der Waals surface area contributed by atoms with Crippen LogP contribution in [0.4, 0.5) is 5.95 Å². The van der Waals surface area contributed by atoms with Crippen LogP contribution in [-0.4, -0.2) is 57.2 Å². The summed E-state index contributed by atoms with van der Waals surface area (Å²) in [6, 6.07) is 12.6. The van der Waals surface area contributed by atoms with Gasteiger partial charge in [-0.2, -0.15) is 10.1 Å². The maximum Gasteiger partial charge on any atom is 0.263 e. The van der Waals surface area contributed by atoms with E-state index in [1.165, 1.54) is 13.4 Å². The Morgan fingerprint density at radius 2 is 1.89 bits per heavy atom. The van der Waals surface area contributed by atoms with Crippen LogP contribution in [0.25, 0.3) is 11.2 Å². The van der Waals surface area contributed by atoms with Crippen LogP contribution in [0.5, 0.6) is 5.88 Å². The maximum absolute atomic E-state index is 13.2. The third-order valence-corrected chi connectivity index (χ3v) is 6.15. The highest BCUT2D eigenvalue weighted by atomic mass is 16.5. The third-order valence-electron chi connectivity index (χ3n) is 6.15. The maximum atomic E-state index is 13.2. The molecule has 0 aliphatic heterocycles. The first-order chi connectivity index (χ1) is 17.9. The van der Waals surface area contributed by atoms with Crippen molar-refractivity contribution in [2.45, 2.75) is 32.5 Å². The SMILES string of the molecule is CCn1cnc(NC(=O)c2cc3c(nc2OC)nc(C(O)(c2ccccc2)c2ccn(C)n2)n3CC)n1. The summed E-state index contributed by atoms with van der Waals surface area (Å²) in [5.41, 5.74) is 0.399. The first kappa shape index (κ1) is 24.1. The number of hydrogen-bond acceptors (Lipinski definition) is 8. The number of pyridine rings is 1. The van der Waals surface area contributed by atoms with E-state index in [4.69, 9.17) is 9.72 Å². The highest BCUT2D eigenvalue weighted by Gasteiger charge is 2.41. The molecule has 12 nitrogen and oxygen atoms in total. The van der Waals surface area contributed by atoms with E-state index in [1.807, 2.05) is 48.7 Å². The number of aromatic nitrogens is 8. The highest BCUT2D eigenvalue weighted by molar-refractivity contribution is 6.06. The largest absolute Gasteiger partial charge is 0.480 e. The van der Waals surface area contributed by atoms with Crippen molar-refractivity contribution in [2.24, 2.45) is 7.05 Å². The molecule has 0 fully saturated rings. The highest BCUT2D eigenvalue weighted by Crippen LogP contribution is 2.37. The zero-order valence-corrected chi connectivity index (χ0v) is 21.0. The number of amides is 1. The molecular weight excluding hydrogens is 474 g/mol. The Hall–Kier alpha value is -4.58. The van der Waals surface area contributed by atoms with Crippen molar-refractivity contribution < 1.29 is 14.6 Å². The van der Waals surface area contributed by atoms with E-state index in [9.17, 15) is 9.90 Å². The fourth-order valence-electron chi connectivity index (χ4n) is 4.30. The van der Waals surface area contributed by atoms with Crippen LogP contribution in [0.15, 0.2) is 55.0 Å². The van der Waals surface area contributed by atoms with Crippen LogP contribution < -0.4 is 10.1 Å². The topological polar surface area (TPSA) is 138 Å². The van der Waals surface area contributed by atoms with Crippen molar-refractivity contribution in [3.05, 3.63) is 77.6 Å². The van der Waals surface area contributed by atoms with Gasteiger partial charge in [0.15, 0.2) is 17.1 Å². The summed E-state index contributed by atoms with van der Waals surface area (Å²) in [7, 11) is 3.22. The van der Waals surface area contributed by atoms with E-state index in [1.54, 1.807) is 34.7 Å². The van der Waals surface area contributed by atoms with Crippen LogP contribution in [0, 0.1) is 0 Å². The number of fused-ring (bicyclic) bond motifs is 1. The molecule has 0 bridgehead atoms. The molecule has 37 heavy (non-hydrogen) atoms. The van der Waals surface area contributed by atoms with E-state index in [-0.39, 0.29) is 17.4 Å². The number of anilines is 1. The van der Waals surface area contributed by atoms with Crippen LogP contribution in [0.1, 0.15) is 41.3 Å². The van der Waals surface area contributed by atoms with Crippen LogP contribution in [0.3, 0.4) is 0 Å². The quantitative estimate of drug-likeness (QED) is 0.330. The van der Waals surface area contributed by atoms with Gasteiger partial charge in [0.05, 0.1) is 12.6 Å². The molecule has 190 valence electrons. The zero-order valence-electron chi connectivity index (χ0n) is 21.0. The number of ether oxygens (including phenoxy) is 1. The third kappa shape index (κ3) is 4.10. The molecule has 0 aliphatic carbocycles. The second kappa shape index (κ2) is 9.47. The molecule has 0 radical (unpaired) electrons. The standard InChI is InChI=1S/C25H27N9O3/c1-5-33-15-26-24(31-33)29-21(35)17-14-18-20(27-22(17)37-4)28-23(34(18)6-2)25(36,16-10-8-7-9-11-16)19-12-13-32(3)30-19/h7-15,36H,5-6H2,1-4H3,(H,29,31,35). The average molecular weight is 502 g/mol. The van der Waals surface area contributed by atoms with Crippen LogP contribution >= 0.6 is 0 Å². The second-order valence-corrected chi connectivity index (χ2v) is 8.40. The number of benzene rings is 1. The van der Waals surface area contributed by atoms with Crippen molar-refractivity contribution in [3.63, 3.8) is 0 Å². The number of nitrogens with one attached hydrogen (secondary N) is 1. The number of imidazole rings is 1. The molecule has 12 heteroatoms. The number of methoxy groups -OCH3 is 1. The summed E-state index contributed by atoms with van der Waals surface area (Å²) in [6.45, 7) is 4.93. The number of aliphatic hydroxyl groups is 1. The van der Waals surface area contributed by atoms with Gasteiger partial charge in [0, 0.05) is 26.3 Å². The normalized spacial score (nSPS) is 13.0. The van der Waals surface area contributed by atoms with Crippen molar-refractivity contribution in [1.82, 2.24) is 39.1 Å². The van der Waals surface area contributed by atoms with Crippen molar-refractivity contribution in [3.8, 4) is 5.88 Å². The zero-order chi connectivity index (χ0) is 26.2. The van der Waals surface area contributed by atoms with Crippen molar-refractivity contribution >= 4 is 23.0 Å². The van der Waals surface area contributed by atoms with Gasteiger partial charge in [-0.25, -0.2) is 9.97 Å². The molecule has 4 aromatic heterocycles.